The summed E-state index contributed by atoms with van der Waals surface area (Å²) in [4.78, 5) is 4.58. The number of hydrogen-bond acceptors (Lipinski definition) is 3. The normalized spacial score (nSPS) is 10.9. The lowest BCUT2D eigenvalue weighted by molar-refractivity contribution is 0.252. The van der Waals surface area contributed by atoms with Crippen LogP contribution in [-0.4, -0.2) is 15.3 Å². The molecule has 1 N–H and O–H groups in total. The minimum absolute atomic E-state index is 0.550. The number of anilines is 1. The molecule has 0 bridgehead atoms. The van der Waals surface area contributed by atoms with E-state index in [-0.39, 0.29) is 0 Å². The molecule has 0 radical (unpaired) electrons. The Bertz CT molecular complexity index is 496. The molecule has 0 unspecified atom stereocenters. The average molecular weight is 269 g/mol. The number of aromatic nitrogens is 2. The molecule has 0 aliphatic carbocycles. The van der Waals surface area contributed by atoms with E-state index in [2.05, 4.69) is 10.3 Å². The molecular weight excluding hydrogens is 256 g/mol. The minimum atomic E-state index is -2.38. The predicted molar refractivity (Wildman–Crippen MR) is 68.8 cm³/mol. The van der Waals surface area contributed by atoms with Crippen molar-refractivity contribution in [3.63, 3.8) is 0 Å². The summed E-state index contributed by atoms with van der Waals surface area (Å²) in [5.74, 6) is -2.38. The van der Waals surface area contributed by atoms with E-state index >= 15 is 0 Å². The molecular formula is C12H13F2N3S. The predicted octanol–water partition coefficient (Wildman–Crippen LogP) is 3.35. The molecule has 0 spiro atoms. The Hall–Kier alpha value is -1.56. The second-order valence-electron chi connectivity index (χ2n) is 3.75. The smallest absolute Gasteiger partial charge is 0.288 e. The number of nitrogens with zero attached hydrogens (tertiary/aromatic N) is 2. The van der Waals surface area contributed by atoms with Gasteiger partial charge in [0.25, 0.3) is 5.76 Å². The van der Waals surface area contributed by atoms with Crippen molar-refractivity contribution in [1.82, 2.24) is 9.55 Å². The Balaban J connectivity index is 1.92. The van der Waals surface area contributed by atoms with Crippen molar-refractivity contribution in [1.29, 1.82) is 0 Å². The monoisotopic (exact) mass is 269 g/mol. The van der Waals surface area contributed by atoms with Gasteiger partial charge in [-0.05, 0) is 24.3 Å². The van der Waals surface area contributed by atoms with E-state index in [4.69, 9.17) is 0 Å². The van der Waals surface area contributed by atoms with Gasteiger partial charge in [-0.15, -0.1) is 0 Å². The standard InChI is InChI=1S/C12H13F2N3S/c1-17-8-15-6-10(17)7-16-9-2-4-11(5-3-9)18-12(13)14/h2-6,8,12,16H,7H2,1H3. The third-order valence-corrected chi connectivity index (χ3v) is 3.19. The maximum absolute atomic E-state index is 12.1. The van der Waals surface area contributed by atoms with Crippen LogP contribution in [0.2, 0.25) is 0 Å². The highest BCUT2D eigenvalue weighted by atomic mass is 32.2. The molecule has 0 fully saturated rings. The van der Waals surface area contributed by atoms with E-state index in [0.717, 1.165) is 11.4 Å². The van der Waals surface area contributed by atoms with Crippen LogP contribution in [-0.2, 0) is 13.6 Å². The van der Waals surface area contributed by atoms with Gasteiger partial charge in [0.2, 0.25) is 0 Å². The molecule has 2 aromatic rings. The minimum Gasteiger partial charge on any atom is -0.379 e. The fourth-order valence-corrected chi connectivity index (χ4v) is 2.00. The molecule has 1 heterocycles. The second kappa shape index (κ2) is 5.86. The van der Waals surface area contributed by atoms with Crippen LogP contribution in [0.25, 0.3) is 0 Å². The Kier molecular flexibility index (Phi) is 4.19. The molecule has 0 aliphatic rings. The summed E-state index contributed by atoms with van der Waals surface area (Å²) in [5, 5.41) is 3.21. The SMILES string of the molecule is Cn1cncc1CNc1ccc(SC(F)F)cc1. The summed E-state index contributed by atoms with van der Waals surface area (Å²) in [6.45, 7) is 0.651. The van der Waals surface area contributed by atoms with Crippen molar-refractivity contribution >= 4 is 17.4 Å². The average Bonchev–Trinajstić information content (AvgIpc) is 2.73. The third-order valence-electron chi connectivity index (χ3n) is 2.47. The lowest BCUT2D eigenvalue weighted by Gasteiger charge is -2.07. The van der Waals surface area contributed by atoms with Gasteiger partial charge in [-0.2, -0.15) is 8.78 Å². The number of halogens is 2. The van der Waals surface area contributed by atoms with Gasteiger partial charge in [-0.1, -0.05) is 11.8 Å². The van der Waals surface area contributed by atoms with Crippen molar-refractivity contribution in [2.45, 2.75) is 17.2 Å². The van der Waals surface area contributed by atoms with Crippen LogP contribution in [0.4, 0.5) is 14.5 Å². The number of hydrogen-bond donors (Lipinski definition) is 1. The molecule has 96 valence electrons. The first kappa shape index (κ1) is 12.9. The zero-order valence-electron chi connectivity index (χ0n) is 9.81. The molecule has 1 aromatic carbocycles. The summed E-state index contributed by atoms with van der Waals surface area (Å²) in [6.07, 6.45) is 3.52. The molecule has 3 nitrogen and oxygen atoms in total. The zero-order valence-corrected chi connectivity index (χ0v) is 10.6. The van der Waals surface area contributed by atoms with Crippen LogP contribution in [0.15, 0.2) is 41.7 Å². The Morgan fingerprint density at radius 1 is 1.33 bits per heavy atom. The van der Waals surface area contributed by atoms with Crippen molar-refractivity contribution < 1.29 is 8.78 Å². The van der Waals surface area contributed by atoms with Gasteiger partial charge in [-0.3, -0.25) is 0 Å². The highest BCUT2D eigenvalue weighted by molar-refractivity contribution is 7.99. The first-order valence-corrected chi connectivity index (χ1v) is 6.27. The van der Waals surface area contributed by atoms with E-state index in [1.807, 2.05) is 11.6 Å². The van der Waals surface area contributed by atoms with Crippen LogP contribution in [0.5, 0.6) is 0 Å². The number of benzene rings is 1. The van der Waals surface area contributed by atoms with Gasteiger partial charge in [0.15, 0.2) is 0 Å². The number of alkyl halides is 2. The Morgan fingerprint density at radius 2 is 2.06 bits per heavy atom. The van der Waals surface area contributed by atoms with Crippen LogP contribution in [0.1, 0.15) is 5.69 Å². The largest absolute Gasteiger partial charge is 0.379 e. The lowest BCUT2D eigenvalue weighted by atomic mass is 10.3. The molecule has 0 amide bonds. The Labute approximate surface area is 108 Å². The van der Waals surface area contributed by atoms with Gasteiger partial charge in [-0.25, -0.2) is 4.98 Å². The maximum Gasteiger partial charge on any atom is 0.288 e. The summed E-state index contributed by atoms with van der Waals surface area (Å²) in [7, 11) is 1.92. The van der Waals surface area contributed by atoms with E-state index in [1.165, 1.54) is 0 Å². The Morgan fingerprint density at radius 3 is 2.61 bits per heavy atom. The highest BCUT2D eigenvalue weighted by Crippen LogP contribution is 2.26. The number of rotatable bonds is 5. The summed E-state index contributed by atoms with van der Waals surface area (Å²) in [5.41, 5.74) is 1.95. The maximum atomic E-state index is 12.1. The van der Waals surface area contributed by atoms with Gasteiger partial charge in [0, 0.05) is 23.8 Å². The van der Waals surface area contributed by atoms with Crippen molar-refractivity contribution in [3.8, 4) is 0 Å². The molecule has 0 saturated heterocycles. The quantitative estimate of drug-likeness (QED) is 0.844. The van der Waals surface area contributed by atoms with Gasteiger partial charge in [0.05, 0.1) is 18.6 Å². The number of aryl methyl sites for hydroxylation is 1. The summed E-state index contributed by atoms with van der Waals surface area (Å²) >= 11 is 0.550. The van der Waals surface area contributed by atoms with Crippen LogP contribution in [0.3, 0.4) is 0 Å². The summed E-state index contributed by atoms with van der Waals surface area (Å²) in [6, 6.07) is 6.95. The number of nitrogens with one attached hydrogen (secondary N) is 1. The first-order chi connectivity index (χ1) is 8.65. The highest BCUT2D eigenvalue weighted by Gasteiger charge is 2.04. The molecule has 0 saturated carbocycles. The summed E-state index contributed by atoms with van der Waals surface area (Å²) < 4.78 is 26.2. The topological polar surface area (TPSA) is 29.9 Å². The van der Waals surface area contributed by atoms with E-state index in [0.29, 0.717) is 23.2 Å². The first-order valence-electron chi connectivity index (χ1n) is 5.39. The molecule has 1 aromatic heterocycles. The van der Waals surface area contributed by atoms with E-state index in [9.17, 15) is 8.78 Å². The fraction of sp³-hybridized carbons (Fsp3) is 0.250. The molecule has 2 rings (SSSR count). The number of imidazole rings is 1. The van der Waals surface area contributed by atoms with Crippen LogP contribution in [0, 0.1) is 0 Å². The molecule has 18 heavy (non-hydrogen) atoms. The number of thioether (sulfide) groups is 1. The van der Waals surface area contributed by atoms with Gasteiger partial charge < -0.3 is 9.88 Å². The van der Waals surface area contributed by atoms with Crippen LogP contribution >= 0.6 is 11.8 Å². The fourth-order valence-electron chi connectivity index (χ4n) is 1.50. The second-order valence-corrected chi connectivity index (χ2v) is 4.82. The van der Waals surface area contributed by atoms with Crippen molar-refractivity contribution in [2.75, 3.05) is 5.32 Å². The third kappa shape index (κ3) is 3.46. The zero-order chi connectivity index (χ0) is 13.0. The van der Waals surface area contributed by atoms with Crippen molar-refractivity contribution in [3.05, 3.63) is 42.5 Å². The van der Waals surface area contributed by atoms with E-state index < -0.39 is 5.76 Å². The van der Waals surface area contributed by atoms with Crippen molar-refractivity contribution in [2.24, 2.45) is 7.05 Å². The van der Waals surface area contributed by atoms with E-state index in [1.54, 1.807) is 36.8 Å². The molecule has 6 heteroatoms. The van der Waals surface area contributed by atoms with Gasteiger partial charge >= 0.3 is 0 Å². The lowest BCUT2D eigenvalue weighted by Crippen LogP contribution is -2.03. The molecule has 0 atom stereocenters. The molecule has 0 aliphatic heterocycles. The van der Waals surface area contributed by atoms with Gasteiger partial charge in [0.1, 0.15) is 0 Å². The van der Waals surface area contributed by atoms with Crippen LogP contribution < -0.4 is 5.32 Å².